The molecular formula is C14H18N2O2. The Labute approximate surface area is 107 Å². The van der Waals surface area contributed by atoms with Crippen LogP contribution in [0.25, 0.3) is 0 Å². The molecule has 4 heteroatoms. The summed E-state index contributed by atoms with van der Waals surface area (Å²) in [5, 5.41) is 8.90. The second-order valence-electron chi connectivity index (χ2n) is 4.58. The fourth-order valence-corrected chi connectivity index (χ4v) is 2.32. The van der Waals surface area contributed by atoms with Crippen LogP contribution in [-0.4, -0.2) is 19.3 Å². The standard InChI is InChI=1S/C14H18N2O2/c1-17-13-6-5-10(8-15)7-11(13)9-18-14-4-2-3-12(14)16/h5-7,12,14H,2-4,9,16H2,1H3. The van der Waals surface area contributed by atoms with Gasteiger partial charge in [0.05, 0.1) is 31.5 Å². The summed E-state index contributed by atoms with van der Waals surface area (Å²) in [4.78, 5) is 0. The van der Waals surface area contributed by atoms with Crippen LogP contribution < -0.4 is 10.5 Å². The molecular weight excluding hydrogens is 228 g/mol. The molecule has 0 heterocycles. The molecule has 1 saturated carbocycles. The van der Waals surface area contributed by atoms with E-state index in [-0.39, 0.29) is 12.1 Å². The highest BCUT2D eigenvalue weighted by Crippen LogP contribution is 2.25. The summed E-state index contributed by atoms with van der Waals surface area (Å²) in [6.07, 6.45) is 3.29. The number of nitrogens with two attached hydrogens (primary N) is 1. The van der Waals surface area contributed by atoms with E-state index >= 15 is 0 Å². The lowest BCUT2D eigenvalue weighted by Gasteiger charge is -2.17. The van der Waals surface area contributed by atoms with Gasteiger partial charge in [-0.15, -0.1) is 0 Å². The van der Waals surface area contributed by atoms with Crippen LogP contribution in [0.5, 0.6) is 5.75 Å². The number of ether oxygens (including phenoxy) is 2. The second-order valence-corrected chi connectivity index (χ2v) is 4.58. The molecule has 2 unspecified atom stereocenters. The highest BCUT2D eigenvalue weighted by molar-refractivity contribution is 5.41. The molecule has 1 aromatic carbocycles. The van der Waals surface area contributed by atoms with Gasteiger partial charge in [0, 0.05) is 11.6 Å². The van der Waals surface area contributed by atoms with Crippen molar-refractivity contribution in [2.75, 3.05) is 7.11 Å². The largest absolute Gasteiger partial charge is 0.496 e. The molecule has 0 bridgehead atoms. The fraction of sp³-hybridized carbons (Fsp3) is 0.500. The Morgan fingerprint density at radius 1 is 1.44 bits per heavy atom. The molecule has 1 aliphatic rings. The molecule has 0 aliphatic heterocycles. The second kappa shape index (κ2) is 5.85. The van der Waals surface area contributed by atoms with E-state index in [2.05, 4.69) is 6.07 Å². The first-order chi connectivity index (χ1) is 8.74. The van der Waals surface area contributed by atoms with Gasteiger partial charge in [-0.3, -0.25) is 0 Å². The molecule has 0 spiro atoms. The highest BCUT2D eigenvalue weighted by Gasteiger charge is 2.24. The van der Waals surface area contributed by atoms with Gasteiger partial charge < -0.3 is 15.2 Å². The van der Waals surface area contributed by atoms with Crippen molar-refractivity contribution in [1.82, 2.24) is 0 Å². The maximum atomic E-state index is 8.90. The molecule has 1 aromatic rings. The van der Waals surface area contributed by atoms with E-state index in [4.69, 9.17) is 20.5 Å². The summed E-state index contributed by atoms with van der Waals surface area (Å²) >= 11 is 0. The molecule has 2 N–H and O–H groups in total. The lowest BCUT2D eigenvalue weighted by molar-refractivity contribution is 0.0347. The van der Waals surface area contributed by atoms with Crippen LogP contribution in [0.1, 0.15) is 30.4 Å². The molecule has 2 rings (SSSR count). The molecule has 96 valence electrons. The van der Waals surface area contributed by atoms with E-state index in [1.165, 1.54) is 0 Å². The minimum absolute atomic E-state index is 0.125. The van der Waals surface area contributed by atoms with Crippen LogP contribution in [0.15, 0.2) is 18.2 Å². The number of nitrogens with zero attached hydrogens (tertiary/aromatic N) is 1. The Morgan fingerprint density at radius 2 is 2.28 bits per heavy atom. The number of hydrogen-bond acceptors (Lipinski definition) is 4. The van der Waals surface area contributed by atoms with Crippen molar-refractivity contribution in [2.24, 2.45) is 5.73 Å². The zero-order chi connectivity index (χ0) is 13.0. The van der Waals surface area contributed by atoms with Crippen LogP contribution in [-0.2, 0) is 11.3 Å². The normalized spacial score (nSPS) is 22.7. The van der Waals surface area contributed by atoms with E-state index in [1.807, 2.05) is 0 Å². The highest BCUT2D eigenvalue weighted by atomic mass is 16.5. The van der Waals surface area contributed by atoms with Gasteiger partial charge >= 0.3 is 0 Å². The average Bonchev–Trinajstić information content (AvgIpc) is 2.81. The zero-order valence-electron chi connectivity index (χ0n) is 10.6. The SMILES string of the molecule is COc1ccc(C#N)cc1COC1CCCC1N. The van der Waals surface area contributed by atoms with Crippen molar-refractivity contribution in [1.29, 1.82) is 5.26 Å². The molecule has 0 amide bonds. The lowest BCUT2D eigenvalue weighted by atomic mass is 10.1. The number of methoxy groups -OCH3 is 1. The number of rotatable bonds is 4. The summed E-state index contributed by atoms with van der Waals surface area (Å²) in [6, 6.07) is 7.60. The van der Waals surface area contributed by atoms with E-state index < -0.39 is 0 Å². The third kappa shape index (κ3) is 2.81. The number of hydrogen-bond donors (Lipinski definition) is 1. The van der Waals surface area contributed by atoms with Crippen molar-refractivity contribution in [3.05, 3.63) is 29.3 Å². The van der Waals surface area contributed by atoms with Gasteiger partial charge in [-0.25, -0.2) is 0 Å². The molecule has 0 saturated heterocycles. The molecule has 0 aromatic heterocycles. The molecule has 2 atom stereocenters. The first kappa shape index (κ1) is 12.9. The topological polar surface area (TPSA) is 68.3 Å². The Hall–Kier alpha value is -1.57. The van der Waals surface area contributed by atoms with Gasteiger partial charge in [-0.2, -0.15) is 5.26 Å². The summed E-state index contributed by atoms with van der Waals surface area (Å²) in [6.45, 7) is 0.442. The van der Waals surface area contributed by atoms with Crippen molar-refractivity contribution >= 4 is 0 Å². The van der Waals surface area contributed by atoms with Crippen molar-refractivity contribution in [3.63, 3.8) is 0 Å². The van der Waals surface area contributed by atoms with Gasteiger partial charge in [0.25, 0.3) is 0 Å². The predicted molar refractivity (Wildman–Crippen MR) is 68.1 cm³/mol. The predicted octanol–water partition coefficient (Wildman–Crippen LogP) is 1.96. The molecule has 0 radical (unpaired) electrons. The zero-order valence-corrected chi connectivity index (χ0v) is 10.6. The van der Waals surface area contributed by atoms with Crippen molar-refractivity contribution in [2.45, 2.75) is 38.0 Å². The summed E-state index contributed by atoms with van der Waals surface area (Å²) < 4.78 is 11.1. The third-order valence-electron chi connectivity index (χ3n) is 3.37. The first-order valence-corrected chi connectivity index (χ1v) is 6.19. The van der Waals surface area contributed by atoms with Gasteiger partial charge in [0.1, 0.15) is 5.75 Å². The molecule has 1 aliphatic carbocycles. The van der Waals surface area contributed by atoms with Crippen LogP contribution >= 0.6 is 0 Å². The molecule has 1 fully saturated rings. The monoisotopic (exact) mass is 246 g/mol. The van der Waals surface area contributed by atoms with Crippen LogP contribution in [0.3, 0.4) is 0 Å². The van der Waals surface area contributed by atoms with E-state index in [1.54, 1.807) is 25.3 Å². The quantitative estimate of drug-likeness (QED) is 0.881. The molecule has 4 nitrogen and oxygen atoms in total. The lowest BCUT2D eigenvalue weighted by Crippen LogP contribution is -2.31. The van der Waals surface area contributed by atoms with E-state index in [0.29, 0.717) is 12.2 Å². The van der Waals surface area contributed by atoms with E-state index in [9.17, 15) is 0 Å². The number of benzene rings is 1. The summed E-state index contributed by atoms with van der Waals surface area (Å²) in [5.74, 6) is 0.751. The Kier molecular flexibility index (Phi) is 4.19. The smallest absolute Gasteiger partial charge is 0.124 e. The summed E-state index contributed by atoms with van der Waals surface area (Å²) in [5.41, 5.74) is 7.48. The maximum Gasteiger partial charge on any atom is 0.124 e. The van der Waals surface area contributed by atoms with Crippen LogP contribution in [0, 0.1) is 11.3 Å². The maximum absolute atomic E-state index is 8.90. The summed E-state index contributed by atoms with van der Waals surface area (Å²) in [7, 11) is 1.62. The third-order valence-corrected chi connectivity index (χ3v) is 3.37. The molecule has 18 heavy (non-hydrogen) atoms. The minimum atomic E-state index is 0.125. The van der Waals surface area contributed by atoms with Crippen LogP contribution in [0.2, 0.25) is 0 Å². The van der Waals surface area contributed by atoms with Gasteiger partial charge in [0.2, 0.25) is 0 Å². The Bertz CT molecular complexity index is 454. The Morgan fingerprint density at radius 3 is 2.89 bits per heavy atom. The first-order valence-electron chi connectivity index (χ1n) is 6.19. The van der Waals surface area contributed by atoms with Gasteiger partial charge in [0.15, 0.2) is 0 Å². The average molecular weight is 246 g/mol. The minimum Gasteiger partial charge on any atom is -0.496 e. The fourth-order valence-electron chi connectivity index (χ4n) is 2.32. The van der Waals surface area contributed by atoms with Gasteiger partial charge in [-0.1, -0.05) is 0 Å². The van der Waals surface area contributed by atoms with Gasteiger partial charge in [-0.05, 0) is 37.5 Å². The van der Waals surface area contributed by atoms with Crippen molar-refractivity contribution in [3.8, 4) is 11.8 Å². The van der Waals surface area contributed by atoms with Crippen LogP contribution in [0.4, 0.5) is 0 Å². The van der Waals surface area contributed by atoms with Crippen molar-refractivity contribution < 1.29 is 9.47 Å². The van der Waals surface area contributed by atoms with E-state index in [0.717, 1.165) is 30.6 Å². The Balaban J connectivity index is 2.05. The number of nitriles is 1.